The van der Waals surface area contributed by atoms with Gasteiger partial charge in [-0.3, -0.25) is 0 Å². The van der Waals surface area contributed by atoms with Crippen molar-refractivity contribution in [3.63, 3.8) is 0 Å². The fraction of sp³-hybridized carbons (Fsp3) is 0.370. The minimum atomic E-state index is -0.738. The van der Waals surface area contributed by atoms with Crippen LogP contribution >= 0.6 is 11.6 Å². The number of halogens is 1. The van der Waals surface area contributed by atoms with Crippen molar-refractivity contribution < 1.29 is 39.6 Å². The van der Waals surface area contributed by atoms with Crippen LogP contribution in [0.4, 0.5) is 62.6 Å². The molecule has 1 N–H and O–H groups in total. The molecule has 0 amide bonds. The molecule has 0 aliphatic heterocycles. The Labute approximate surface area is 725 Å². The van der Waals surface area contributed by atoms with Crippen LogP contribution in [0.1, 0.15) is 283 Å². The van der Waals surface area contributed by atoms with Gasteiger partial charge in [-0.2, -0.15) is 0 Å². The van der Waals surface area contributed by atoms with E-state index in [-0.39, 0.29) is 178 Å². The topological polar surface area (TPSA) is 74.3 Å². The molecule has 9 heteroatoms. The van der Waals surface area contributed by atoms with Crippen LogP contribution in [0.25, 0.3) is 43.9 Å². The van der Waals surface area contributed by atoms with Gasteiger partial charge in [-0.15, -0.1) is 0 Å². The van der Waals surface area contributed by atoms with E-state index in [1.165, 1.54) is 63.3 Å². The van der Waals surface area contributed by atoms with Gasteiger partial charge in [0.05, 0.1) is 43.0 Å². The maximum atomic E-state index is 9.64. The van der Waals surface area contributed by atoms with Crippen molar-refractivity contribution in [1.29, 1.82) is 0 Å². The molecule has 608 valence electrons. The quantitative estimate of drug-likeness (QED) is 0.137. The number of furan rings is 4. The lowest BCUT2D eigenvalue weighted by molar-refractivity contribution is 0.332. The van der Waals surface area contributed by atoms with Gasteiger partial charge < -0.3 is 37.7 Å². The van der Waals surface area contributed by atoms with Crippen molar-refractivity contribution >= 4 is 118 Å². The predicted octanol–water partition coefficient (Wildman–Crippen LogP) is 33.3. The zero-order valence-corrected chi connectivity index (χ0v) is 74.1. The predicted molar refractivity (Wildman–Crippen MR) is 500 cm³/mol. The third-order valence-electron chi connectivity index (χ3n) is 23.6. The van der Waals surface area contributed by atoms with Crippen molar-refractivity contribution in [3.8, 4) is 0 Å². The van der Waals surface area contributed by atoms with Crippen LogP contribution in [0.2, 0.25) is 5.02 Å². The smallest absolute Gasteiger partial charge is 0.136 e. The Morgan fingerprint density at radius 1 is 0.308 bits per heavy atom. The summed E-state index contributed by atoms with van der Waals surface area (Å²) < 4.78 is 162. The normalized spacial score (nSPS) is 17.2. The number of rotatable bonds is 11. The molecule has 2 aliphatic carbocycles. The third kappa shape index (κ3) is 17.4. The lowest BCUT2D eigenvalue weighted by Gasteiger charge is -2.41. The summed E-state index contributed by atoms with van der Waals surface area (Å²) in [5, 5.41) is 5.47. The first-order valence-corrected chi connectivity index (χ1v) is 41.3. The van der Waals surface area contributed by atoms with Crippen molar-refractivity contribution in [3.05, 3.63) is 292 Å². The molecule has 117 heavy (non-hydrogen) atoms. The van der Waals surface area contributed by atoms with E-state index in [0.29, 0.717) is 11.4 Å². The van der Waals surface area contributed by atoms with E-state index in [9.17, 15) is 6.85 Å². The molecule has 2 aliphatic rings. The van der Waals surface area contributed by atoms with E-state index in [2.05, 4.69) is 251 Å². The Balaban J connectivity index is 0.000000178. The molecule has 0 fully saturated rings. The third-order valence-corrected chi connectivity index (χ3v) is 23.8. The Kier molecular flexibility index (Phi) is 16.8. The number of hydrogen-bond acceptors (Lipinski definition) is 8. The molecule has 0 saturated heterocycles. The van der Waals surface area contributed by atoms with Crippen molar-refractivity contribution in [2.45, 2.75) is 260 Å². The molecule has 16 rings (SSSR count). The summed E-state index contributed by atoms with van der Waals surface area (Å²) in [5.74, 6) is 0. The number of anilines is 11. The summed E-state index contributed by atoms with van der Waals surface area (Å²) >= 11 is 6.77. The van der Waals surface area contributed by atoms with Crippen molar-refractivity contribution in [2.24, 2.45) is 0 Å². The summed E-state index contributed by atoms with van der Waals surface area (Å²) in [6.07, 6.45) is 7.24. The first-order valence-electron chi connectivity index (χ1n) is 49.0. The van der Waals surface area contributed by atoms with E-state index in [1.807, 2.05) is 39.2 Å². The van der Waals surface area contributed by atoms with Gasteiger partial charge in [0.15, 0.2) is 0 Å². The lowest BCUT2D eigenvalue weighted by atomic mass is 9.63. The molecule has 4 heterocycles. The van der Waals surface area contributed by atoms with Crippen molar-refractivity contribution in [1.82, 2.24) is 0 Å². The van der Waals surface area contributed by atoms with Crippen molar-refractivity contribution in [2.75, 3.05) is 20.0 Å². The Hall–Kier alpha value is -10.2. The van der Waals surface area contributed by atoms with Gasteiger partial charge >= 0.3 is 0 Å². The molecule has 0 spiro atoms. The molecule has 0 unspecified atom stereocenters. The van der Waals surface area contributed by atoms with Gasteiger partial charge in [0.25, 0.3) is 0 Å². The van der Waals surface area contributed by atoms with E-state index < -0.39 is 28.7 Å². The molecule has 0 radical (unpaired) electrons. The van der Waals surface area contributed by atoms with E-state index >= 15 is 0 Å². The zero-order valence-electron chi connectivity index (χ0n) is 89.4. The minimum Gasteiger partial charge on any atom is -0.464 e. The molecule has 4 aromatic heterocycles. The molecule has 10 aromatic carbocycles. The highest BCUT2D eigenvalue weighted by atomic mass is 35.5. The van der Waals surface area contributed by atoms with Gasteiger partial charge in [-0.05, 0) is 293 Å². The van der Waals surface area contributed by atoms with Gasteiger partial charge in [0.1, 0.15) is 37.6 Å². The maximum absolute atomic E-state index is 9.64. The molecule has 0 saturated carbocycles. The monoisotopic (exact) mass is 1590 g/mol. The molecule has 0 bridgehead atoms. The Morgan fingerprint density at radius 2 is 0.675 bits per heavy atom. The number of nitrogens with zero attached hydrogens (tertiary/aromatic N) is 3. The first kappa shape index (κ1) is 64.9. The summed E-state index contributed by atoms with van der Waals surface area (Å²) in [6, 6.07) is 38.2. The SMILES string of the molecule is CC(C)(C)c1ccc(N(c2cc(Cl)cc(C(C)(C)C)c2)c2coc3cc4c(cc23)C(C)(C)CCC4(C)C)cc1.[2H]c1oc2c([2H])cc(N(c3cc(N(c4ccc(C(C)(C)C)cc4)c4coc5cc6c(cc45)C(C)(C)CCC6(C)C)cc(C(C)(C)C)c3)c3c([2H])c([2H])c(C(C)(C)C)c([2H])c3[2H])c([2H])c2c1[2H].[2H]c1oc2c([2H])cc(Nc3c([2H])c([2H])c(C(C)(C)C)c([2H])c3[2H])c([2H])c2c1[2H]. The highest BCUT2D eigenvalue weighted by Gasteiger charge is 2.41. The molecule has 0 atom stereocenters. The van der Waals surface area contributed by atoms with Gasteiger partial charge in [-0.25, -0.2) is 0 Å². The van der Waals surface area contributed by atoms with E-state index in [4.69, 9.17) is 44.3 Å². The highest BCUT2D eigenvalue weighted by molar-refractivity contribution is 6.31. The molecule has 14 aromatic rings. The van der Waals surface area contributed by atoms with Crippen LogP contribution in [-0.4, -0.2) is 0 Å². The van der Waals surface area contributed by atoms with Crippen LogP contribution in [-0.2, 0) is 54.1 Å². The average Bonchev–Trinajstić information content (AvgIpc) is 0.851. The second-order valence-electron chi connectivity index (χ2n) is 40.9. The maximum Gasteiger partial charge on any atom is 0.136 e. The van der Waals surface area contributed by atoms with E-state index in [0.717, 1.165) is 79.4 Å². The van der Waals surface area contributed by atoms with Gasteiger partial charge in [-0.1, -0.05) is 240 Å². The Morgan fingerprint density at radius 3 is 1.09 bits per heavy atom. The van der Waals surface area contributed by atoms with Crippen LogP contribution < -0.4 is 20.0 Å². The average molecular weight is 1590 g/mol. The van der Waals surface area contributed by atoms with Crippen LogP contribution in [0.5, 0.6) is 0 Å². The standard InChI is InChI=1S/C54H62N2O2.C36H44ClNO.C18H19NO/c1-50(2,3)36-14-18-39(19-15-36)55(41-22-23-48-35(28-41)24-27-57-48)42-29-38(52(7,8)9)30-43(31-42)56(40-20-16-37(17-21-40)51(4,5)6)47-34-58-49-33-46-45(32-44(47)49)53(10,11)25-26-54(46,12)13;1-33(2,3)23-11-13-26(14-12-23)38(27-18-24(34(4,5)6)17-25(37)19-27)31-22-39-32-21-30-29(20-28(31)32)35(7,8)15-16-36(30,9)10;1-18(2,3)14-4-6-15(7-5-14)19-16-8-9-17-13(12-16)10-11-20-17/h14-24,27-34H,25-26H2,1-13H3;11-14,17-22H,15-16H2,1-10H3;4-12,19H,1-3H3/i14D,15D,18D,19D,23D,24D,27D,28D;;4D,5D,6D,7D,9D,10D,11D,12D. The number of benzene rings is 10. The zero-order chi connectivity index (χ0) is 98.2. The molecular formula is C108H125ClN4O4. The lowest BCUT2D eigenvalue weighted by Crippen LogP contribution is -2.33. The molecular weight excluding hydrogens is 1450 g/mol. The number of nitrogens with one attached hydrogen (secondary N) is 1. The van der Waals surface area contributed by atoms with Crippen LogP contribution in [0.3, 0.4) is 0 Å². The largest absolute Gasteiger partial charge is 0.464 e. The number of fused-ring (bicyclic) bond motifs is 6. The van der Waals surface area contributed by atoms with Crippen LogP contribution in [0, 0.1) is 0 Å². The second kappa shape index (κ2) is 30.3. The summed E-state index contributed by atoms with van der Waals surface area (Å²) in [7, 11) is 0. The highest BCUT2D eigenvalue weighted by Crippen LogP contribution is 2.54. The fourth-order valence-electron chi connectivity index (χ4n) is 15.7. The second-order valence-corrected chi connectivity index (χ2v) is 41.3. The minimum absolute atomic E-state index is 0.0124. The van der Waals surface area contributed by atoms with Gasteiger partial charge in [0, 0.05) is 77.8 Å². The van der Waals surface area contributed by atoms with E-state index in [1.54, 1.807) is 27.0 Å². The number of hydrogen-bond donors (Lipinski definition) is 1. The summed E-state index contributed by atoms with van der Waals surface area (Å²) in [4.78, 5) is 6.00. The van der Waals surface area contributed by atoms with Crippen LogP contribution in [0.15, 0.2) is 249 Å². The Bertz CT molecular complexity index is 6910. The van der Waals surface area contributed by atoms with Gasteiger partial charge in [0.2, 0.25) is 0 Å². The first-order chi connectivity index (χ1) is 61.3. The summed E-state index contributed by atoms with van der Waals surface area (Å²) in [5.41, 5.74) is 16.0. The fourth-order valence-corrected chi connectivity index (χ4v) is 15.9. The molecule has 8 nitrogen and oxygen atoms in total. The summed E-state index contributed by atoms with van der Waals surface area (Å²) in [6.45, 7) is 55.9.